The SMILES string of the molecule is CC1(NCCn2ccnc2)CCNC1. The van der Waals surface area contributed by atoms with E-state index >= 15 is 0 Å². The number of hydrogen-bond acceptors (Lipinski definition) is 3. The van der Waals surface area contributed by atoms with Crippen LogP contribution in [0.3, 0.4) is 0 Å². The van der Waals surface area contributed by atoms with Gasteiger partial charge in [0.25, 0.3) is 0 Å². The van der Waals surface area contributed by atoms with Gasteiger partial charge < -0.3 is 15.2 Å². The molecule has 14 heavy (non-hydrogen) atoms. The Morgan fingerprint density at radius 2 is 2.57 bits per heavy atom. The van der Waals surface area contributed by atoms with E-state index in [0.29, 0.717) is 5.54 Å². The fourth-order valence-electron chi connectivity index (χ4n) is 1.87. The molecule has 0 bridgehead atoms. The maximum Gasteiger partial charge on any atom is 0.0946 e. The van der Waals surface area contributed by atoms with Crippen molar-refractivity contribution in [2.75, 3.05) is 19.6 Å². The molecule has 1 fully saturated rings. The van der Waals surface area contributed by atoms with Gasteiger partial charge in [0.15, 0.2) is 0 Å². The molecule has 4 nitrogen and oxygen atoms in total. The zero-order valence-corrected chi connectivity index (χ0v) is 8.66. The lowest BCUT2D eigenvalue weighted by Crippen LogP contribution is -2.45. The van der Waals surface area contributed by atoms with E-state index in [0.717, 1.165) is 26.2 Å². The first-order valence-electron chi connectivity index (χ1n) is 5.20. The normalized spacial score (nSPS) is 26.9. The number of nitrogens with one attached hydrogen (secondary N) is 2. The van der Waals surface area contributed by atoms with Crippen LogP contribution in [-0.4, -0.2) is 34.7 Å². The quantitative estimate of drug-likeness (QED) is 0.720. The molecule has 0 amide bonds. The minimum Gasteiger partial charge on any atom is -0.336 e. The minimum atomic E-state index is 0.292. The highest BCUT2D eigenvalue weighted by Crippen LogP contribution is 2.12. The predicted octanol–water partition coefficient (Wildman–Crippen LogP) is 0.225. The van der Waals surface area contributed by atoms with Gasteiger partial charge in [0, 0.05) is 37.6 Å². The Bertz CT molecular complexity index is 262. The van der Waals surface area contributed by atoms with Gasteiger partial charge in [0.05, 0.1) is 6.33 Å². The van der Waals surface area contributed by atoms with Crippen LogP contribution in [0.1, 0.15) is 13.3 Å². The third kappa shape index (κ3) is 2.33. The summed E-state index contributed by atoms with van der Waals surface area (Å²) in [5, 5.41) is 6.96. The molecule has 1 aromatic rings. The minimum absolute atomic E-state index is 0.292. The molecule has 1 aliphatic heterocycles. The maximum atomic E-state index is 4.01. The largest absolute Gasteiger partial charge is 0.336 e. The fraction of sp³-hybridized carbons (Fsp3) is 0.700. The summed E-state index contributed by atoms with van der Waals surface area (Å²) in [7, 11) is 0. The van der Waals surface area contributed by atoms with Crippen molar-refractivity contribution in [3.63, 3.8) is 0 Å². The van der Waals surface area contributed by atoms with Crippen LogP contribution in [0.2, 0.25) is 0 Å². The molecule has 2 heterocycles. The van der Waals surface area contributed by atoms with E-state index in [4.69, 9.17) is 0 Å². The third-order valence-corrected chi connectivity index (χ3v) is 2.85. The van der Waals surface area contributed by atoms with Crippen molar-refractivity contribution in [1.82, 2.24) is 20.2 Å². The maximum absolute atomic E-state index is 4.01. The molecule has 0 radical (unpaired) electrons. The molecule has 1 aromatic heterocycles. The fourth-order valence-corrected chi connectivity index (χ4v) is 1.87. The van der Waals surface area contributed by atoms with Gasteiger partial charge in [0.2, 0.25) is 0 Å². The Labute approximate surface area is 84.7 Å². The van der Waals surface area contributed by atoms with Crippen LogP contribution in [-0.2, 0) is 6.54 Å². The topological polar surface area (TPSA) is 41.9 Å². The molecule has 2 N–H and O–H groups in total. The second-order valence-electron chi connectivity index (χ2n) is 4.21. The van der Waals surface area contributed by atoms with Crippen molar-refractivity contribution in [1.29, 1.82) is 0 Å². The summed E-state index contributed by atoms with van der Waals surface area (Å²) in [5.41, 5.74) is 0.292. The van der Waals surface area contributed by atoms with Crippen LogP contribution < -0.4 is 10.6 Å². The highest BCUT2D eigenvalue weighted by molar-refractivity contribution is 4.91. The van der Waals surface area contributed by atoms with Crippen molar-refractivity contribution >= 4 is 0 Å². The van der Waals surface area contributed by atoms with E-state index < -0.39 is 0 Å². The molecular weight excluding hydrogens is 176 g/mol. The Morgan fingerprint density at radius 3 is 3.21 bits per heavy atom. The van der Waals surface area contributed by atoms with Gasteiger partial charge >= 0.3 is 0 Å². The van der Waals surface area contributed by atoms with Crippen LogP contribution in [0.5, 0.6) is 0 Å². The number of rotatable bonds is 4. The van der Waals surface area contributed by atoms with Gasteiger partial charge in [-0.05, 0) is 19.9 Å². The molecule has 0 aliphatic carbocycles. The third-order valence-electron chi connectivity index (χ3n) is 2.85. The number of imidazole rings is 1. The van der Waals surface area contributed by atoms with E-state index in [1.165, 1.54) is 6.42 Å². The van der Waals surface area contributed by atoms with Crippen molar-refractivity contribution in [2.45, 2.75) is 25.4 Å². The highest BCUT2D eigenvalue weighted by Gasteiger charge is 2.26. The monoisotopic (exact) mass is 194 g/mol. The van der Waals surface area contributed by atoms with E-state index in [1.54, 1.807) is 0 Å². The van der Waals surface area contributed by atoms with Gasteiger partial charge in [-0.3, -0.25) is 0 Å². The summed E-state index contributed by atoms with van der Waals surface area (Å²) < 4.78 is 2.10. The van der Waals surface area contributed by atoms with Crippen molar-refractivity contribution in [3.8, 4) is 0 Å². The van der Waals surface area contributed by atoms with Crippen molar-refractivity contribution in [3.05, 3.63) is 18.7 Å². The van der Waals surface area contributed by atoms with Crippen LogP contribution in [0.4, 0.5) is 0 Å². The summed E-state index contributed by atoms with van der Waals surface area (Å²) in [6.07, 6.45) is 6.89. The summed E-state index contributed by atoms with van der Waals surface area (Å²) in [5.74, 6) is 0. The van der Waals surface area contributed by atoms with Crippen LogP contribution in [0, 0.1) is 0 Å². The average Bonchev–Trinajstić information content (AvgIpc) is 2.77. The Hall–Kier alpha value is -0.870. The first kappa shape index (κ1) is 9.68. The van der Waals surface area contributed by atoms with Gasteiger partial charge in [-0.1, -0.05) is 0 Å². The highest BCUT2D eigenvalue weighted by atomic mass is 15.1. The number of aromatic nitrogens is 2. The molecule has 1 aliphatic rings. The lowest BCUT2D eigenvalue weighted by molar-refractivity contribution is 0.378. The van der Waals surface area contributed by atoms with Crippen LogP contribution in [0.15, 0.2) is 18.7 Å². The van der Waals surface area contributed by atoms with Crippen LogP contribution in [0.25, 0.3) is 0 Å². The molecule has 4 heteroatoms. The standard InChI is InChI=1S/C10H18N4/c1-10(2-3-11-8-10)13-5-7-14-6-4-12-9-14/h4,6,9,11,13H,2-3,5,7-8H2,1H3. The Morgan fingerprint density at radius 1 is 1.64 bits per heavy atom. The molecule has 1 atom stereocenters. The Kier molecular flexibility index (Phi) is 2.84. The van der Waals surface area contributed by atoms with E-state index in [-0.39, 0.29) is 0 Å². The van der Waals surface area contributed by atoms with Gasteiger partial charge in [-0.15, -0.1) is 0 Å². The number of hydrogen-bond donors (Lipinski definition) is 2. The second-order valence-corrected chi connectivity index (χ2v) is 4.21. The van der Waals surface area contributed by atoms with Gasteiger partial charge in [-0.25, -0.2) is 4.98 Å². The molecule has 0 aromatic carbocycles. The summed E-state index contributed by atoms with van der Waals surface area (Å²) in [6, 6.07) is 0. The van der Waals surface area contributed by atoms with Crippen molar-refractivity contribution in [2.24, 2.45) is 0 Å². The smallest absolute Gasteiger partial charge is 0.0946 e. The first-order chi connectivity index (χ1) is 6.79. The summed E-state index contributed by atoms with van der Waals surface area (Å²) >= 11 is 0. The van der Waals surface area contributed by atoms with Crippen molar-refractivity contribution < 1.29 is 0 Å². The molecule has 0 saturated carbocycles. The van der Waals surface area contributed by atoms with Gasteiger partial charge in [0.1, 0.15) is 0 Å². The molecular formula is C10H18N4. The molecule has 1 unspecified atom stereocenters. The predicted molar refractivity (Wildman–Crippen MR) is 56.1 cm³/mol. The molecule has 2 rings (SSSR count). The average molecular weight is 194 g/mol. The lowest BCUT2D eigenvalue weighted by atomic mass is 10.0. The second kappa shape index (κ2) is 4.11. The van der Waals surface area contributed by atoms with Gasteiger partial charge in [-0.2, -0.15) is 0 Å². The van der Waals surface area contributed by atoms with Crippen LogP contribution >= 0.6 is 0 Å². The zero-order valence-electron chi connectivity index (χ0n) is 8.66. The molecule has 78 valence electrons. The zero-order chi connectivity index (χ0) is 9.86. The van der Waals surface area contributed by atoms with E-state index in [2.05, 4.69) is 27.1 Å². The molecule has 1 saturated heterocycles. The van der Waals surface area contributed by atoms with E-state index in [9.17, 15) is 0 Å². The lowest BCUT2D eigenvalue weighted by Gasteiger charge is -2.24. The van der Waals surface area contributed by atoms with E-state index in [1.807, 2.05) is 18.7 Å². The first-order valence-corrected chi connectivity index (χ1v) is 5.20. The Balaban J connectivity index is 1.72. The number of nitrogens with zero attached hydrogens (tertiary/aromatic N) is 2. The summed E-state index contributed by atoms with van der Waals surface area (Å²) in [6.45, 7) is 6.50. The summed E-state index contributed by atoms with van der Waals surface area (Å²) in [4.78, 5) is 4.01. The molecule has 0 spiro atoms.